The van der Waals surface area contributed by atoms with Crippen molar-refractivity contribution in [2.45, 2.75) is 20.8 Å². The third-order valence-corrected chi connectivity index (χ3v) is 4.65. The van der Waals surface area contributed by atoms with Crippen LogP contribution in [-0.2, 0) is 4.79 Å². The second kappa shape index (κ2) is 9.53. The summed E-state index contributed by atoms with van der Waals surface area (Å²) in [6.45, 7) is 13.4. The molecule has 0 aliphatic carbocycles. The number of piperazine rings is 1. The molecule has 0 bridgehead atoms. The van der Waals surface area contributed by atoms with Crippen LogP contribution >= 0.6 is 0 Å². The van der Waals surface area contributed by atoms with Gasteiger partial charge in [0.05, 0.1) is 0 Å². The van der Waals surface area contributed by atoms with Crippen LogP contribution in [-0.4, -0.2) is 78.9 Å². The summed E-state index contributed by atoms with van der Waals surface area (Å²) in [5.74, 6) is 0.142. The monoisotopic (exact) mass is 347 g/mol. The lowest BCUT2D eigenvalue weighted by atomic mass is 10.1. The minimum atomic E-state index is -0.361. The van der Waals surface area contributed by atoms with Crippen molar-refractivity contribution in [3.8, 4) is 5.75 Å². The minimum absolute atomic E-state index is 0.0396. The van der Waals surface area contributed by atoms with E-state index in [1.807, 2.05) is 4.90 Å². The van der Waals surface area contributed by atoms with Gasteiger partial charge < -0.3 is 14.5 Å². The number of carbonyl (C=O) groups is 2. The van der Waals surface area contributed by atoms with E-state index >= 15 is 0 Å². The number of nitrogens with zero attached hydrogens (tertiary/aromatic N) is 3. The van der Waals surface area contributed by atoms with E-state index in [9.17, 15) is 9.59 Å². The van der Waals surface area contributed by atoms with Gasteiger partial charge in [0.15, 0.2) is 0 Å². The molecule has 1 fully saturated rings. The van der Waals surface area contributed by atoms with Crippen LogP contribution in [0.4, 0.5) is 0 Å². The number of rotatable bonds is 7. The molecule has 1 aromatic rings. The van der Waals surface area contributed by atoms with Crippen LogP contribution in [0.25, 0.3) is 0 Å². The molecule has 25 heavy (non-hydrogen) atoms. The van der Waals surface area contributed by atoms with E-state index in [1.165, 1.54) is 6.92 Å². The van der Waals surface area contributed by atoms with Crippen molar-refractivity contribution < 1.29 is 14.3 Å². The number of benzene rings is 1. The molecule has 0 aromatic heterocycles. The molecule has 1 aliphatic heterocycles. The fraction of sp³-hybridized carbons (Fsp3) is 0.579. The van der Waals surface area contributed by atoms with Gasteiger partial charge in [0.1, 0.15) is 5.75 Å². The van der Waals surface area contributed by atoms with Crippen molar-refractivity contribution in [1.29, 1.82) is 0 Å². The first-order valence-corrected chi connectivity index (χ1v) is 9.06. The Balaban J connectivity index is 1.81. The van der Waals surface area contributed by atoms with Gasteiger partial charge in [-0.15, -0.1) is 0 Å². The van der Waals surface area contributed by atoms with E-state index in [-0.39, 0.29) is 11.9 Å². The molecular weight excluding hydrogens is 318 g/mol. The summed E-state index contributed by atoms with van der Waals surface area (Å²) in [6, 6.07) is 6.75. The van der Waals surface area contributed by atoms with Crippen molar-refractivity contribution in [3.05, 3.63) is 29.8 Å². The van der Waals surface area contributed by atoms with E-state index in [1.54, 1.807) is 24.3 Å². The van der Waals surface area contributed by atoms with Crippen LogP contribution in [0.3, 0.4) is 0 Å². The molecule has 6 nitrogen and oxygen atoms in total. The predicted octanol–water partition coefficient (Wildman–Crippen LogP) is 1.71. The number of carbonyl (C=O) groups excluding carboxylic acids is 2. The molecular formula is C19H29N3O3. The molecule has 2 rings (SSSR count). The summed E-state index contributed by atoms with van der Waals surface area (Å²) in [5, 5.41) is 0. The first-order chi connectivity index (χ1) is 12.0. The van der Waals surface area contributed by atoms with Crippen LogP contribution in [0, 0.1) is 0 Å². The summed E-state index contributed by atoms with van der Waals surface area (Å²) in [4.78, 5) is 30.3. The molecule has 1 saturated heterocycles. The number of likely N-dealkylation sites (N-methyl/N-ethyl adjacent to an activating group) is 1. The van der Waals surface area contributed by atoms with Gasteiger partial charge in [0, 0.05) is 51.8 Å². The molecule has 0 radical (unpaired) electrons. The number of hydrogen-bond acceptors (Lipinski definition) is 5. The van der Waals surface area contributed by atoms with E-state index in [4.69, 9.17) is 4.74 Å². The Labute approximate surface area is 150 Å². The minimum Gasteiger partial charge on any atom is -0.427 e. The van der Waals surface area contributed by atoms with E-state index in [0.29, 0.717) is 11.3 Å². The molecule has 1 amide bonds. The molecule has 138 valence electrons. The second-order valence-electron chi connectivity index (χ2n) is 6.28. The predicted molar refractivity (Wildman–Crippen MR) is 97.9 cm³/mol. The maximum absolute atomic E-state index is 12.6. The lowest BCUT2D eigenvalue weighted by Crippen LogP contribution is -2.50. The average Bonchev–Trinajstić information content (AvgIpc) is 2.62. The maximum Gasteiger partial charge on any atom is 0.308 e. The number of esters is 1. The summed E-state index contributed by atoms with van der Waals surface area (Å²) < 4.78 is 5.00. The van der Waals surface area contributed by atoms with Crippen LogP contribution in [0.1, 0.15) is 31.1 Å². The topological polar surface area (TPSA) is 53.1 Å². The van der Waals surface area contributed by atoms with Crippen molar-refractivity contribution in [2.24, 2.45) is 0 Å². The van der Waals surface area contributed by atoms with Gasteiger partial charge in [0.2, 0.25) is 0 Å². The molecule has 6 heteroatoms. The Bertz CT molecular complexity index is 562. The lowest BCUT2D eigenvalue weighted by Gasteiger charge is -2.35. The zero-order valence-electron chi connectivity index (χ0n) is 15.5. The van der Waals surface area contributed by atoms with Crippen LogP contribution < -0.4 is 4.74 Å². The molecule has 1 aliphatic rings. The van der Waals surface area contributed by atoms with E-state index in [2.05, 4.69) is 23.6 Å². The summed E-state index contributed by atoms with van der Waals surface area (Å²) in [7, 11) is 0. The van der Waals surface area contributed by atoms with Crippen molar-refractivity contribution in [3.63, 3.8) is 0 Å². The smallest absolute Gasteiger partial charge is 0.308 e. The van der Waals surface area contributed by atoms with Crippen molar-refractivity contribution in [1.82, 2.24) is 14.7 Å². The number of amides is 1. The fourth-order valence-electron chi connectivity index (χ4n) is 3.01. The quantitative estimate of drug-likeness (QED) is 0.555. The summed E-state index contributed by atoms with van der Waals surface area (Å²) in [6.07, 6.45) is 0. The SMILES string of the molecule is CCN(CC)CCN1CCN(C(=O)c2ccc(OC(C)=O)cc2)CC1. The maximum atomic E-state index is 12.6. The number of hydrogen-bond donors (Lipinski definition) is 0. The molecule has 0 N–H and O–H groups in total. The highest BCUT2D eigenvalue weighted by molar-refractivity contribution is 5.94. The van der Waals surface area contributed by atoms with Crippen molar-refractivity contribution in [2.75, 3.05) is 52.4 Å². The van der Waals surface area contributed by atoms with Gasteiger partial charge in [-0.3, -0.25) is 14.5 Å². The highest BCUT2D eigenvalue weighted by Crippen LogP contribution is 2.15. The Morgan fingerprint density at radius 2 is 1.64 bits per heavy atom. The molecule has 0 atom stereocenters. The Morgan fingerprint density at radius 1 is 1.04 bits per heavy atom. The van der Waals surface area contributed by atoms with Gasteiger partial charge in [-0.1, -0.05) is 13.8 Å². The third-order valence-electron chi connectivity index (χ3n) is 4.65. The third kappa shape index (κ3) is 5.83. The standard InChI is InChI=1S/C19H29N3O3/c1-4-20(5-2)10-11-21-12-14-22(15-13-21)19(24)17-6-8-18(9-7-17)25-16(3)23/h6-9H,4-5,10-15H2,1-3H3. The van der Waals surface area contributed by atoms with Gasteiger partial charge in [-0.25, -0.2) is 0 Å². The molecule has 0 spiro atoms. The highest BCUT2D eigenvalue weighted by atomic mass is 16.5. The molecule has 1 aromatic carbocycles. The van der Waals surface area contributed by atoms with Crippen LogP contribution in [0.15, 0.2) is 24.3 Å². The Kier molecular flexibility index (Phi) is 7.40. The zero-order valence-corrected chi connectivity index (χ0v) is 15.5. The van der Waals surface area contributed by atoms with E-state index in [0.717, 1.165) is 52.4 Å². The van der Waals surface area contributed by atoms with Gasteiger partial charge >= 0.3 is 5.97 Å². The Morgan fingerprint density at radius 3 is 2.16 bits per heavy atom. The van der Waals surface area contributed by atoms with Crippen molar-refractivity contribution >= 4 is 11.9 Å². The van der Waals surface area contributed by atoms with Gasteiger partial charge in [-0.05, 0) is 37.4 Å². The first kappa shape index (κ1) is 19.4. The van der Waals surface area contributed by atoms with Crippen LogP contribution in [0.2, 0.25) is 0 Å². The van der Waals surface area contributed by atoms with Crippen LogP contribution in [0.5, 0.6) is 5.75 Å². The number of ether oxygens (including phenoxy) is 1. The summed E-state index contributed by atoms with van der Waals surface area (Å²) in [5.41, 5.74) is 0.632. The fourth-order valence-corrected chi connectivity index (χ4v) is 3.01. The Hall–Kier alpha value is -1.92. The molecule has 1 heterocycles. The first-order valence-electron chi connectivity index (χ1n) is 9.06. The van der Waals surface area contributed by atoms with Gasteiger partial charge in [-0.2, -0.15) is 0 Å². The second-order valence-corrected chi connectivity index (χ2v) is 6.28. The molecule has 0 saturated carbocycles. The lowest BCUT2D eigenvalue weighted by molar-refractivity contribution is -0.131. The largest absolute Gasteiger partial charge is 0.427 e. The normalized spacial score (nSPS) is 15.4. The molecule has 0 unspecified atom stereocenters. The average molecular weight is 347 g/mol. The zero-order chi connectivity index (χ0) is 18.2. The van der Waals surface area contributed by atoms with E-state index < -0.39 is 0 Å². The summed E-state index contributed by atoms with van der Waals surface area (Å²) >= 11 is 0. The highest BCUT2D eigenvalue weighted by Gasteiger charge is 2.22. The van der Waals surface area contributed by atoms with Gasteiger partial charge in [0.25, 0.3) is 5.91 Å².